The molecule has 2 heterocycles. The zero-order valence-corrected chi connectivity index (χ0v) is 31.6. The summed E-state index contributed by atoms with van der Waals surface area (Å²) in [7, 11) is 0. The van der Waals surface area contributed by atoms with Crippen molar-refractivity contribution in [1.82, 2.24) is 4.57 Å². The van der Waals surface area contributed by atoms with Crippen molar-refractivity contribution in [2.75, 3.05) is 4.90 Å². The third kappa shape index (κ3) is 5.48. The van der Waals surface area contributed by atoms with Gasteiger partial charge in [-0.3, -0.25) is 0 Å². The Morgan fingerprint density at radius 3 is 1.67 bits per heavy atom. The van der Waals surface area contributed by atoms with E-state index in [-0.39, 0.29) is 0 Å². The van der Waals surface area contributed by atoms with Crippen LogP contribution in [-0.4, -0.2) is 19.1 Å². The van der Waals surface area contributed by atoms with Crippen molar-refractivity contribution in [1.29, 1.82) is 0 Å². The molecule has 258 valence electrons. The van der Waals surface area contributed by atoms with Gasteiger partial charge in [0.25, 0.3) is 0 Å². The molecule has 9 aromatic carbocycles. The van der Waals surface area contributed by atoms with Crippen molar-refractivity contribution in [3.63, 3.8) is 0 Å². The number of aromatic nitrogens is 1. The van der Waals surface area contributed by atoms with Crippen molar-refractivity contribution < 1.29 is 0 Å². The molecule has 0 fully saturated rings. The molecule has 2 nitrogen and oxygen atoms in total. The number of hydrogen-bond donors (Lipinski definition) is 0. The minimum atomic E-state index is 0.374. The van der Waals surface area contributed by atoms with Gasteiger partial charge in [-0.05, 0) is 40.8 Å². The molecule has 0 unspecified atom stereocenters. The number of anilines is 3. The topological polar surface area (TPSA) is 8.17 Å². The van der Waals surface area contributed by atoms with Crippen LogP contribution in [0, 0.1) is 0 Å². The molecule has 0 bridgehead atoms. The van der Waals surface area contributed by atoms with Crippen LogP contribution in [0.25, 0.3) is 79.8 Å². The minimum Gasteiger partial charge on any atom is -0.0602 e. The number of hydrogen-bond acceptors (Lipinski definition) is 1. The van der Waals surface area contributed by atoms with E-state index in [1.165, 1.54) is 79.8 Å². The second kappa shape index (κ2) is 13.0. The number of rotatable bonds is 6. The molecule has 2 aromatic heterocycles. The van der Waals surface area contributed by atoms with Gasteiger partial charge in [-0.2, -0.15) is 0 Å². The van der Waals surface area contributed by atoms with Gasteiger partial charge in [0.05, 0.1) is 11.0 Å². The van der Waals surface area contributed by atoms with Gasteiger partial charge in [-0.15, -0.1) is 0 Å². The molecule has 0 saturated heterocycles. The van der Waals surface area contributed by atoms with Crippen molar-refractivity contribution in [3.05, 3.63) is 206 Å². The molecule has 0 N–H and O–H groups in total. The third-order valence-electron chi connectivity index (χ3n) is 11.0. The Labute approximate surface area is 325 Å². The average Bonchev–Trinajstić information content (AvgIpc) is 3.79. The second-order valence-corrected chi connectivity index (χ2v) is 16.5. The van der Waals surface area contributed by atoms with E-state index in [1.54, 1.807) is 0 Å². The molecule has 55 heavy (non-hydrogen) atoms. The fraction of sp³-hybridized carbons (Fsp3) is 0. The number of para-hydroxylation sites is 2. The van der Waals surface area contributed by atoms with Gasteiger partial charge in [0.15, 0.2) is 0 Å². The molecule has 0 aliphatic heterocycles. The normalized spacial score (nSPS) is 11.6. The molecule has 0 spiro atoms. The first-order valence-electron chi connectivity index (χ1n) is 18.7. The van der Waals surface area contributed by atoms with Crippen molar-refractivity contribution >= 4 is 83.4 Å². The number of nitrogens with zero attached hydrogens (tertiary/aromatic N) is 2. The second-order valence-electron chi connectivity index (χ2n) is 14.2. The molecule has 3 heteroatoms. The standard InChI is InChI=1S/C52H34N2Se/c1-2-12-41(13-3-1)54-49-16-8-6-14-45(49)46-30-23-40(34-50(46)54)37-20-27-43(28-21-37)53(44-29-22-35-10-4-5-11-38(35)32-44)42-25-18-36(19-26-42)39-24-31-52-48(33-39)47-15-7-9-17-51(47)55-52/h1-34H. The van der Waals surface area contributed by atoms with Crippen LogP contribution in [0.5, 0.6) is 0 Å². The summed E-state index contributed by atoms with van der Waals surface area (Å²) < 4.78 is 5.33. The molecule has 0 saturated carbocycles. The first-order chi connectivity index (χ1) is 27.2. The Hall–Kier alpha value is -6.64. The van der Waals surface area contributed by atoms with Crippen LogP contribution in [0.4, 0.5) is 17.1 Å². The van der Waals surface area contributed by atoms with Crippen LogP contribution in [-0.2, 0) is 0 Å². The summed E-state index contributed by atoms with van der Waals surface area (Å²) in [5, 5.41) is 7.76. The maximum atomic E-state index is 2.39. The Morgan fingerprint density at radius 1 is 0.327 bits per heavy atom. The molecule has 0 radical (unpaired) electrons. The summed E-state index contributed by atoms with van der Waals surface area (Å²) in [4.78, 5) is 2.37. The zero-order valence-electron chi connectivity index (χ0n) is 29.9. The van der Waals surface area contributed by atoms with Crippen LogP contribution in [0.15, 0.2) is 206 Å². The van der Waals surface area contributed by atoms with E-state index in [4.69, 9.17) is 0 Å². The van der Waals surface area contributed by atoms with E-state index < -0.39 is 0 Å². The summed E-state index contributed by atoms with van der Waals surface area (Å²) >= 11 is 0.374. The van der Waals surface area contributed by atoms with Gasteiger partial charge >= 0.3 is 181 Å². The third-order valence-corrected chi connectivity index (χ3v) is 13.4. The number of fused-ring (bicyclic) bond motifs is 7. The van der Waals surface area contributed by atoms with Crippen LogP contribution in [0.1, 0.15) is 0 Å². The Morgan fingerprint density at radius 2 is 0.891 bits per heavy atom. The smallest absolute Gasteiger partial charge is 0.0602 e. The fourth-order valence-electron chi connectivity index (χ4n) is 8.28. The van der Waals surface area contributed by atoms with Gasteiger partial charge in [-0.1, -0.05) is 72.8 Å². The minimum absolute atomic E-state index is 0.374. The maximum absolute atomic E-state index is 2.39. The van der Waals surface area contributed by atoms with Crippen molar-refractivity contribution in [2.45, 2.75) is 0 Å². The predicted molar refractivity (Wildman–Crippen MR) is 236 cm³/mol. The molecule has 11 rings (SSSR count). The Balaban J connectivity index is 0.991. The summed E-state index contributed by atoms with van der Waals surface area (Å²) in [6.45, 7) is 0. The van der Waals surface area contributed by atoms with Gasteiger partial charge in [0.1, 0.15) is 0 Å². The van der Waals surface area contributed by atoms with Gasteiger partial charge in [0.2, 0.25) is 0 Å². The van der Waals surface area contributed by atoms with Gasteiger partial charge in [-0.25, -0.2) is 0 Å². The summed E-state index contributed by atoms with van der Waals surface area (Å²) in [5.74, 6) is 0. The Bertz CT molecular complexity index is 3190. The van der Waals surface area contributed by atoms with Crippen LogP contribution in [0.3, 0.4) is 0 Å². The Kier molecular flexibility index (Phi) is 7.55. The van der Waals surface area contributed by atoms with Crippen LogP contribution >= 0.6 is 0 Å². The predicted octanol–water partition coefficient (Wildman–Crippen LogP) is 14.1. The molecule has 0 atom stereocenters. The molecule has 11 aromatic rings. The van der Waals surface area contributed by atoms with Crippen LogP contribution in [0.2, 0.25) is 0 Å². The SMILES string of the molecule is c1ccc(-n2c3ccccc3c3ccc(-c4ccc(N(c5ccc(-c6ccc7[se]c8ccccc8c7c6)cc5)c5ccc6ccccc6c5)cc4)cc32)cc1. The van der Waals surface area contributed by atoms with E-state index in [9.17, 15) is 0 Å². The van der Waals surface area contributed by atoms with Gasteiger partial charge < -0.3 is 4.57 Å². The van der Waals surface area contributed by atoms with E-state index in [0.717, 1.165) is 17.1 Å². The van der Waals surface area contributed by atoms with E-state index in [2.05, 4.69) is 216 Å². The average molecular weight is 766 g/mol. The van der Waals surface area contributed by atoms with Crippen molar-refractivity contribution in [2.24, 2.45) is 0 Å². The van der Waals surface area contributed by atoms with E-state index in [0.29, 0.717) is 14.5 Å². The summed E-state index contributed by atoms with van der Waals surface area (Å²) in [5.41, 5.74) is 11.8. The quantitative estimate of drug-likeness (QED) is 0.153. The number of benzene rings is 9. The first kappa shape index (κ1) is 31.8. The zero-order chi connectivity index (χ0) is 36.3. The first-order valence-corrected chi connectivity index (χ1v) is 20.5. The molecular formula is C52H34N2Se. The van der Waals surface area contributed by atoms with E-state index in [1.807, 2.05) is 0 Å². The molecule has 0 aliphatic carbocycles. The summed E-state index contributed by atoms with van der Waals surface area (Å²) in [6, 6.07) is 75.6. The molecular weight excluding hydrogens is 732 g/mol. The van der Waals surface area contributed by atoms with Crippen molar-refractivity contribution in [3.8, 4) is 27.9 Å². The van der Waals surface area contributed by atoms with Crippen LogP contribution < -0.4 is 4.90 Å². The van der Waals surface area contributed by atoms with E-state index >= 15 is 0 Å². The molecule has 0 amide bonds. The van der Waals surface area contributed by atoms with Gasteiger partial charge in [0, 0.05) is 16.5 Å². The monoisotopic (exact) mass is 766 g/mol. The molecule has 0 aliphatic rings. The fourth-order valence-corrected chi connectivity index (χ4v) is 10.6. The summed E-state index contributed by atoms with van der Waals surface area (Å²) in [6.07, 6.45) is 0.